The van der Waals surface area contributed by atoms with Crippen molar-refractivity contribution in [1.82, 2.24) is 10.3 Å². The van der Waals surface area contributed by atoms with E-state index in [1.165, 1.54) is 0 Å². The van der Waals surface area contributed by atoms with Gasteiger partial charge in [-0.25, -0.2) is 4.98 Å². The number of nitrogens with one attached hydrogen (secondary N) is 2. The Kier molecular flexibility index (Phi) is 6.66. The molecule has 156 valence electrons. The quantitative estimate of drug-likeness (QED) is 0.267. The lowest BCUT2D eigenvalue weighted by atomic mass is 10.2. The van der Waals surface area contributed by atoms with E-state index >= 15 is 0 Å². The molecule has 0 atom stereocenters. The molecule has 4 aromatic rings. The number of thiocarbonyl (C=S) groups is 1. The first kappa shape index (κ1) is 21.9. The molecule has 2 N–H and O–H groups in total. The highest BCUT2D eigenvalue weighted by Crippen LogP contribution is 2.40. The van der Waals surface area contributed by atoms with Crippen molar-refractivity contribution in [2.75, 3.05) is 12.4 Å². The molecule has 9 heteroatoms. The number of anilines is 1. The van der Waals surface area contributed by atoms with E-state index in [0.29, 0.717) is 11.3 Å². The second-order valence-electron chi connectivity index (χ2n) is 6.43. The number of nitrogens with zero attached hydrogens (tertiary/aromatic N) is 1. The zero-order chi connectivity index (χ0) is 22.0. The molecule has 5 nitrogen and oxygen atoms in total. The molecule has 0 aliphatic carbocycles. The maximum atomic E-state index is 12.5. The lowest BCUT2D eigenvalue weighted by Crippen LogP contribution is -2.34. The van der Waals surface area contributed by atoms with Gasteiger partial charge in [0.25, 0.3) is 5.91 Å². The number of rotatable bonds is 4. The molecule has 0 saturated carbocycles. The standard InChI is InChI=1S/C22H15Br2N3O2S2/c1-29-14-8-6-12(7-9-14)20(28)27-22(30)26-19-15(10-13(23)11-16(19)24)21-25-17-4-2-3-5-18(17)31-21/h2-11H,1H3,(H2,26,27,28,30). The second-order valence-corrected chi connectivity index (χ2v) is 9.64. The number of amides is 1. The molecule has 4 rings (SSSR count). The fraction of sp³-hybridized carbons (Fsp3) is 0.0455. The molecule has 1 heterocycles. The minimum atomic E-state index is -0.310. The van der Waals surface area contributed by atoms with Gasteiger partial charge in [-0.3, -0.25) is 10.1 Å². The summed E-state index contributed by atoms with van der Waals surface area (Å²) in [6.07, 6.45) is 0. The number of carbonyl (C=O) groups is 1. The highest BCUT2D eigenvalue weighted by molar-refractivity contribution is 9.11. The predicted molar refractivity (Wildman–Crippen MR) is 137 cm³/mol. The van der Waals surface area contributed by atoms with Crippen LogP contribution in [0.2, 0.25) is 0 Å². The molecule has 0 fully saturated rings. The van der Waals surface area contributed by atoms with Crippen molar-refractivity contribution in [2.45, 2.75) is 0 Å². The summed E-state index contributed by atoms with van der Waals surface area (Å²) < 4.78 is 7.90. The number of thiazole rings is 1. The summed E-state index contributed by atoms with van der Waals surface area (Å²) in [5, 5.41) is 6.90. The van der Waals surface area contributed by atoms with Crippen molar-refractivity contribution < 1.29 is 9.53 Å². The van der Waals surface area contributed by atoms with Gasteiger partial charge in [0.1, 0.15) is 10.8 Å². The molecule has 1 aromatic heterocycles. The monoisotopic (exact) mass is 575 g/mol. The summed E-state index contributed by atoms with van der Waals surface area (Å²) in [6.45, 7) is 0. The first-order valence-electron chi connectivity index (χ1n) is 9.06. The molecule has 31 heavy (non-hydrogen) atoms. The van der Waals surface area contributed by atoms with E-state index < -0.39 is 0 Å². The Labute approximate surface area is 205 Å². The third-order valence-corrected chi connectivity index (χ3v) is 6.75. The summed E-state index contributed by atoms with van der Waals surface area (Å²) in [6, 6.07) is 18.7. The summed E-state index contributed by atoms with van der Waals surface area (Å²) in [4.78, 5) is 17.3. The minimum Gasteiger partial charge on any atom is -0.497 e. The van der Waals surface area contributed by atoms with Gasteiger partial charge in [-0.2, -0.15) is 0 Å². The Hall–Kier alpha value is -2.33. The number of aromatic nitrogens is 1. The number of fused-ring (bicyclic) bond motifs is 1. The van der Waals surface area contributed by atoms with Crippen LogP contribution in [0.25, 0.3) is 20.8 Å². The molecule has 0 aliphatic rings. The minimum absolute atomic E-state index is 0.186. The van der Waals surface area contributed by atoms with E-state index in [0.717, 1.165) is 35.4 Å². The van der Waals surface area contributed by atoms with Crippen LogP contribution in [0.4, 0.5) is 5.69 Å². The Morgan fingerprint density at radius 2 is 1.84 bits per heavy atom. The Morgan fingerprint density at radius 1 is 1.10 bits per heavy atom. The molecule has 0 unspecified atom stereocenters. The van der Waals surface area contributed by atoms with Gasteiger partial charge < -0.3 is 10.1 Å². The van der Waals surface area contributed by atoms with Gasteiger partial charge in [-0.05, 0) is 76.7 Å². The van der Waals surface area contributed by atoms with E-state index in [9.17, 15) is 4.79 Å². The molecular formula is C22H15Br2N3O2S2. The second kappa shape index (κ2) is 9.44. The maximum absolute atomic E-state index is 12.5. The topological polar surface area (TPSA) is 63.2 Å². The normalized spacial score (nSPS) is 10.7. The number of hydrogen-bond acceptors (Lipinski definition) is 5. The molecule has 0 radical (unpaired) electrons. The molecule has 1 amide bonds. The van der Waals surface area contributed by atoms with Crippen LogP contribution in [0, 0.1) is 0 Å². The number of halogens is 2. The van der Waals surface area contributed by atoms with E-state index in [2.05, 4.69) is 42.5 Å². The summed E-state index contributed by atoms with van der Waals surface area (Å²) >= 11 is 14.1. The summed E-state index contributed by atoms with van der Waals surface area (Å²) in [7, 11) is 1.58. The van der Waals surface area contributed by atoms with Gasteiger partial charge in [0.05, 0.1) is 23.0 Å². The zero-order valence-electron chi connectivity index (χ0n) is 16.1. The fourth-order valence-corrected chi connectivity index (χ4v) is 5.43. The highest BCUT2D eigenvalue weighted by Gasteiger charge is 2.17. The number of benzene rings is 3. The van der Waals surface area contributed by atoms with E-state index in [-0.39, 0.29) is 11.0 Å². The third kappa shape index (κ3) is 4.95. The van der Waals surface area contributed by atoms with Crippen LogP contribution in [0.1, 0.15) is 10.4 Å². The molecule has 0 saturated heterocycles. The maximum Gasteiger partial charge on any atom is 0.257 e. The number of carbonyl (C=O) groups excluding carboxylic acids is 1. The average molecular weight is 577 g/mol. The van der Waals surface area contributed by atoms with Gasteiger partial charge in [0.2, 0.25) is 0 Å². The van der Waals surface area contributed by atoms with Crippen LogP contribution in [-0.4, -0.2) is 23.1 Å². The van der Waals surface area contributed by atoms with Crippen LogP contribution < -0.4 is 15.4 Å². The van der Waals surface area contributed by atoms with Gasteiger partial charge in [-0.15, -0.1) is 11.3 Å². The van der Waals surface area contributed by atoms with Crippen LogP contribution in [0.15, 0.2) is 69.6 Å². The van der Waals surface area contributed by atoms with Crippen molar-refractivity contribution >= 4 is 82.3 Å². The number of hydrogen-bond donors (Lipinski definition) is 2. The Balaban J connectivity index is 1.60. The van der Waals surface area contributed by atoms with Gasteiger partial charge in [-0.1, -0.05) is 28.1 Å². The van der Waals surface area contributed by atoms with E-state index in [4.69, 9.17) is 21.9 Å². The summed E-state index contributed by atoms with van der Waals surface area (Å²) in [5.74, 6) is 0.367. The average Bonchev–Trinajstić information content (AvgIpc) is 3.19. The van der Waals surface area contributed by atoms with Crippen molar-refractivity contribution in [1.29, 1.82) is 0 Å². The molecule has 3 aromatic carbocycles. The molecule has 0 aliphatic heterocycles. The number of methoxy groups -OCH3 is 1. The van der Waals surface area contributed by atoms with Gasteiger partial charge in [0, 0.05) is 20.1 Å². The summed E-state index contributed by atoms with van der Waals surface area (Å²) in [5.41, 5.74) is 3.00. The van der Waals surface area contributed by atoms with E-state index in [1.54, 1.807) is 42.7 Å². The van der Waals surface area contributed by atoms with Crippen molar-refractivity contribution in [2.24, 2.45) is 0 Å². The van der Waals surface area contributed by atoms with Crippen LogP contribution in [0.3, 0.4) is 0 Å². The molecule has 0 spiro atoms. The number of ether oxygens (including phenoxy) is 1. The first-order chi connectivity index (χ1) is 14.9. The third-order valence-electron chi connectivity index (χ3n) is 4.40. The lowest BCUT2D eigenvalue weighted by molar-refractivity contribution is 0.0977. The Morgan fingerprint density at radius 3 is 2.55 bits per heavy atom. The Bertz CT molecular complexity index is 1260. The smallest absolute Gasteiger partial charge is 0.257 e. The first-order valence-corrected chi connectivity index (χ1v) is 11.9. The van der Waals surface area contributed by atoms with Crippen LogP contribution in [-0.2, 0) is 0 Å². The van der Waals surface area contributed by atoms with Gasteiger partial charge in [0.15, 0.2) is 5.11 Å². The van der Waals surface area contributed by atoms with Crippen LogP contribution in [0.5, 0.6) is 5.75 Å². The van der Waals surface area contributed by atoms with E-state index in [1.807, 2.05) is 36.4 Å². The predicted octanol–water partition coefficient (Wildman–Crippen LogP) is 6.62. The largest absolute Gasteiger partial charge is 0.497 e. The van der Waals surface area contributed by atoms with Crippen molar-refractivity contribution in [3.05, 3.63) is 75.2 Å². The van der Waals surface area contributed by atoms with Crippen molar-refractivity contribution in [3.63, 3.8) is 0 Å². The fourth-order valence-electron chi connectivity index (χ4n) is 2.92. The molecule has 0 bridgehead atoms. The lowest BCUT2D eigenvalue weighted by Gasteiger charge is -2.15. The highest BCUT2D eigenvalue weighted by atomic mass is 79.9. The SMILES string of the molecule is COc1ccc(C(=O)NC(=S)Nc2c(Br)cc(Br)cc2-c2nc3ccccc3s2)cc1. The van der Waals surface area contributed by atoms with Gasteiger partial charge >= 0.3 is 0 Å². The molecular weight excluding hydrogens is 562 g/mol. The van der Waals surface area contributed by atoms with Crippen molar-refractivity contribution in [3.8, 4) is 16.3 Å². The zero-order valence-corrected chi connectivity index (χ0v) is 20.9. The number of para-hydroxylation sites is 1. The van der Waals surface area contributed by atoms with Crippen LogP contribution >= 0.6 is 55.4 Å².